The van der Waals surface area contributed by atoms with Crippen molar-refractivity contribution < 1.29 is 23.8 Å². The summed E-state index contributed by atoms with van der Waals surface area (Å²) in [5.41, 5.74) is 5.36. The van der Waals surface area contributed by atoms with Crippen molar-refractivity contribution in [2.75, 3.05) is 13.7 Å². The van der Waals surface area contributed by atoms with Gasteiger partial charge in [0.05, 0.1) is 12.7 Å². The van der Waals surface area contributed by atoms with E-state index in [-0.39, 0.29) is 12.7 Å². The van der Waals surface area contributed by atoms with Crippen molar-refractivity contribution in [2.45, 2.75) is 13.0 Å². The van der Waals surface area contributed by atoms with E-state index in [1.54, 1.807) is 6.07 Å². The van der Waals surface area contributed by atoms with Crippen LogP contribution in [0.15, 0.2) is 35.7 Å². The Kier molecular flexibility index (Phi) is 5.59. The van der Waals surface area contributed by atoms with E-state index in [2.05, 4.69) is 0 Å². The van der Waals surface area contributed by atoms with Gasteiger partial charge >= 0.3 is 5.97 Å². The van der Waals surface area contributed by atoms with Crippen molar-refractivity contribution >= 4 is 23.2 Å². The molecule has 0 aliphatic rings. The van der Waals surface area contributed by atoms with Crippen molar-refractivity contribution in [3.05, 3.63) is 46.2 Å². The number of rotatable bonds is 7. The van der Waals surface area contributed by atoms with E-state index in [4.69, 9.17) is 19.9 Å². The van der Waals surface area contributed by atoms with E-state index in [1.807, 2.05) is 24.4 Å². The van der Waals surface area contributed by atoms with Gasteiger partial charge in [0.2, 0.25) is 0 Å². The molecule has 1 heterocycles. The van der Waals surface area contributed by atoms with Crippen molar-refractivity contribution in [2.24, 2.45) is 5.73 Å². The first-order valence-corrected chi connectivity index (χ1v) is 7.72. The van der Waals surface area contributed by atoms with Gasteiger partial charge in [-0.15, -0.1) is 11.3 Å². The third kappa shape index (κ3) is 4.46. The van der Waals surface area contributed by atoms with Gasteiger partial charge in [0, 0.05) is 4.88 Å². The highest BCUT2D eigenvalue weighted by atomic mass is 32.1. The molecule has 0 bridgehead atoms. The lowest BCUT2D eigenvalue weighted by molar-refractivity contribution is -0.119. The molecule has 7 heteroatoms. The molecule has 23 heavy (non-hydrogen) atoms. The molecule has 0 fully saturated rings. The molecule has 1 amide bonds. The minimum absolute atomic E-state index is 0.268. The number of nitrogens with two attached hydrogens (primary N) is 1. The molecule has 0 aliphatic heterocycles. The third-order valence-electron chi connectivity index (χ3n) is 3.00. The van der Waals surface area contributed by atoms with Crippen LogP contribution in [0.1, 0.15) is 28.3 Å². The average molecular weight is 335 g/mol. The first kappa shape index (κ1) is 16.8. The lowest BCUT2D eigenvalue weighted by Crippen LogP contribution is -2.20. The summed E-state index contributed by atoms with van der Waals surface area (Å²) in [4.78, 5) is 23.9. The fourth-order valence-corrected chi connectivity index (χ4v) is 2.58. The summed E-state index contributed by atoms with van der Waals surface area (Å²) in [5.74, 6) is -0.412. The summed E-state index contributed by atoms with van der Waals surface area (Å²) in [5, 5.41) is 1.92. The maximum atomic E-state index is 12.2. The Morgan fingerprint density at radius 1 is 1.26 bits per heavy atom. The topological polar surface area (TPSA) is 87.8 Å². The first-order valence-electron chi connectivity index (χ1n) is 6.84. The van der Waals surface area contributed by atoms with Crippen LogP contribution in [0.25, 0.3) is 0 Å². The zero-order chi connectivity index (χ0) is 16.8. The molecule has 2 N–H and O–H groups in total. The number of ether oxygens (including phenoxy) is 3. The molecule has 1 aromatic heterocycles. The smallest absolute Gasteiger partial charge is 0.338 e. The molecule has 0 saturated heterocycles. The van der Waals surface area contributed by atoms with Gasteiger partial charge in [-0.05, 0) is 36.6 Å². The van der Waals surface area contributed by atoms with Crippen LogP contribution in [-0.4, -0.2) is 25.6 Å². The van der Waals surface area contributed by atoms with E-state index in [0.717, 1.165) is 4.88 Å². The van der Waals surface area contributed by atoms with E-state index in [0.29, 0.717) is 17.1 Å². The number of hydrogen-bond acceptors (Lipinski definition) is 6. The summed E-state index contributed by atoms with van der Waals surface area (Å²) in [6, 6.07) is 8.39. The standard InChI is InChI=1S/C16H17NO5S/c1-10(14-4-3-7-23-14)22-16(19)11-5-6-12(13(8-11)20-2)21-9-15(17)18/h3-8,10H,9H2,1-2H3,(H2,17,18)/t10-/m1/s1. The number of esters is 1. The maximum Gasteiger partial charge on any atom is 0.338 e. The highest BCUT2D eigenvalue weighted by molar-refractivity contribution is 7.10. The molecule has 0 aliphatic carbocycles. The molecule has 2 rings (SSSR count). The summed E-state index contributed by atoms with van der Waals surface area (Å²) >= 11 is 1.52. The van der Waals surface area contributed by atoms with E-state index >= 15 is 0 Å². The second kappa shape index (κ2) is 7.64. The van der Waals surface area contributed by atoms with E-state index in [1.165, 1.54) is 30.6 Å². The minimum atomic E-state index is -0.597. The van der Waals surface area contributed by atoms with Crippen molar-refractivity contribution in [1.29, 1.82) is 0 Å². The number of amides is 1. The fourth-order valence-electron chi connectivity index (χ4n) is 1.87. The number of primary amides is 1. The van der Waals surface area contributed by atoms with Crippen LogP contribution in [0.4, 0.5) is 0 Å². The molecule has 1 aromatic carbocycles. The first-order chi connectivity index (χ1) is 11.0. The van der Waals surface area contributed by atoms with Gasteiger partial charge in [-0.2, -0.15) is 0 Å². The van der Waals surface area contributed by atoms with E-state index < -0.39 is 11.9 Å². The third-order valence-corrected chi connectivity index (χ3v) is 4.03. The van der Waals surface area contributed by atoms with Gasteiger partial charge in [-0.1, -0.05) is 6.07 Å². The SMILES string of the molecule is COc1cc(C(=O)O[C@H](C)c2cccs2)ccc1OCC(N)=O. The number of thiophene rings is 1. The van der Waals surface area contributed by atoms with Crippen LogP contribution in [0.2, 0.25) is 0 Å². The maximum absolute atomic E-state index is 12.2. The number of methoxy groups -OCH3 is 1. The molecule has 6 nitrogen and oxygen atoms in total. The highest BCUT2D eigenvalue weighted by Gasteiger charge is 2.17. The number of benzene rings is 1. The van der Waals surface area contributed by atoms with Crippen LogP contribution in [0.5, 0.6) is 11.5 Å². The van der Waals surface area contributed by atoms with Gasteiger partial charge in [-0.3, -0.25) is 4.79 Å². The highest BCUT2D eigenvalue weighted by Crippen LogP contribution is 2.29. The number of carbonyl (C=O) groups excluding carboxylic acids is 2. The van der Waals surface area contributed by atoms with Crippen LogP contribution in [0, 0.1) is 0 Å². The summed E-state index contributed by atoms with van der Waals surface area (Å²) in [7, 11) is 1.44. The lowest BCUT2D eigenvalue weighted by Gasteiger charge is -2.13. The van der Waals surface area contributed by atoms with Gasteiger partial charge in [0.25, 0.3) is 5.91 Å². The molecular weight excluding hydrogens is 318 g/mol. The van der Waals surface area contributed by atoms with Crippen molar-refractivity contribution in [1.82, 2.24) is 0 Å². The van der Waals surface area contributed by atoms with Crippen LogP contribution in [0.3, 0.4) is 0 Å². The quantitative estimate of drug-likeness (QED) is 0.786. The van der Waals surface area contributed by atoms with Gasteiger partial charge < -0.3 is 19.9 Å². The van der Waals surface area contributed by atoms with Gasteiger partial charge in [0.1, 0.15) is 6.10 Å². The lowest BCUT2D eigenvalue weighted by atomic mass is 10.2. The molecular formula is C16H17NO5S. The molecule has 122 valence electrons. The fraction of sp³-hybridized carbons (Fsp3) is 0.250. The molecule has 0 spiro atoms. The van der Waals surface area contributed by atoms with Gasteiger partial charge in [0.15, 0.2) is 18.1 Å². The second-order valence-corrected chi connectivity index (χ2v) is 5.66. The Balaban J connectivity index is 2.10. The van der Waals surface area contributed by atoms with Crippen LogP contribution < -0.4 is 15.2 Å². The van der Waals surface area contributed by atoms with Crippen molar-refractivity contribution in [3.8, 4) is 11.5 Å². The predicted octanol–water partition coefficient (Wildman–Crippen LogP) is 2.54. The average Bonchev–Trinajstić information content (AvgIpc) is 3.07. The normalized spacial score (nSPS) is 11.6. The molecule has 2 aromatic rings. The molecule has 0 saturated carbocycles. The molecule has 1 atom stereocenters. The summed E-state index contributed by atoms with van der Waals surface area (Å²) in [6.45, 7) is 1.54. The van der Waals surface area contributed by atoms with Crippen LogP contribution >= 0.6 is 11.3 Å². The monoisotopic (exact) mass is 335 g/mol. The second-order valence-electron chi connectivity index (χ2n) is 4.68. The Bertz CT molecular complexity index is 684. The minimum Gasteiger partial charge on any atom is -0.493 e. The van der Waals surface area contributed by atoms with Gasteiger partial charge in [-0.25, -0.2) is 4.79 Å². The zero-order valence-electron chi connectivity index (χ0n) is 12.8. The van der Waals surface area contributed by atoms with Crippen molar-refractivity contribution in [3.63, 3.8) is 0 Å². The Labute approximate surface area is 137 Å². The van der Waals surface area contributed by atoms with E-state index in [9.17, 15) is 9.59 Å². The zero-order valence-corrected chi connectivity index (χ0v) is 13.6. The summed E-state index contributed by atoms with van der Waals surface area (Å²) < 4.78 is 15.8. The number of hydrogen-bond donors (Lipinski definition) is 1. The van der Waals surface area contributed by atoms with Crippen LogP contribution in [-0.2, 0) is 9.53 Å². The molecule has 0 unspecified atom stereocenters. The Morgan fingerprint density at radius 2 is 2.04 bits per heavy atom. The summed E-state index contributed by atoms with van der Waals surface area (Å²) in [6.07, 6.45) is -0.334. The molecule has 0 radical (unpaired) electrons. The predicted molar refractivity (Wildman–Crippen MR) is 85.8 cm³/mol. The number of carbonyl (C=O) groups is 2. The Hall–Kier alpha value is -2.54. The Morgan fingerprint density at radius 3 is 2.65 bits per heavy atom. The largest absolute Gasteiger partial charge is 0.493 e.